The van der Waals surface area contributed by atoms with Crippen molar-refractivity contribution in [3.05, 3.63) is 12.2 Å². The molecule has 0 aliphatic rings. The molecule has 220 valence electrons. The van der Waals surface area contributed by atoms with Gasteiger partial charge in [-0.2, -0.15) is 8.42 Å². The zero-order chi connectivity index (χ0) is 27.8. The molecule has 0 aromatic rings. The summed E-state index contributed by atoms with van der Waals surface area (Å²) in [4.78, 5) is 11.0. The quantitative estimate of drug-likeness (QED) is 0.0608. The van der Waals surface area contributed by atoms with Gasteiger partial charge in [-0.3, -0.25) is 4.55 Å². The van der Waals surface area contributed by atoms with Crippen LogP contribution in [-0.4, -0.2) is 36.1 Å². The van der Waals surface area contributed by atoms with E-state index in [-0.39, 0.29) is 5.78 Å². The molecule has 0 spiro atoms. The maximum atomic E-state index is 11.2. The third-order valence-corrected chi connectivity index (χ3v) is 7.37. The van der Waals surface area contributed by atoms with Gasteiger partial charge in [0.05, 0.1) is 6.10 Å². The summed E-state index contributed by atoms with van der Waals surface area (Å²) in [5.41, 5.74) is 0. The van der Waals surface area contributed by atoms with Crippen LogP contribution < -0.4 is 0 Å². The van der Waals surface area contributed by atoms with Gasteiger partial charge in [0.2, 0.25) is 0 Å². The van der Waals surface area contributed by atoms with E-state index in [1.165, 1.54) is 70.6 Å². The molecule has 0 bridgehead atoms. The van der Waals surface area contributed by atoms with Crippen LogP contribution in [-0.2, 0) is 19.4 Å². The van der Waals surface area contributed by atoms with Crippen molar-refractivity contribution >= 4 is 16.2 Å². The lowest BCUT2D eigenvalue weighted by Gasteiger charge is -2.19. The normalized spacial score (nSPS) is 14.0. The second-order valence-electron chi connectivity index (χ2n) is 11.2. The van der Waals surface area contributed by atoms with Crippen molar-refractivity contribution in [3.63, 3.8) is 0 Å². The summed E-state index contributed by atoms with van der Waals surface area (Å²) in [6.45, 7) is 6.19. The van der Waals surface area contributed by atoms with Crippen molar-refractivity contribution in [1.82, 2.24) is 0 Å². The monoisotopic (exact) mass is 546 g/mol. The van der Waals surface area contributed by atoms with E-state index in [4.69, 9.17) is 8.74 Å². The second kappa shape index (κ2) is 24.3. The number of rotatable bonds is 27. The first-order valence-corrected chi connectivity index (χ1v) is 16.5. The number of aliphatic hydroxyl groups excluding tert-OH is 1. The molecule has 0 saturated heterocycles. The summed E-state index contributed by atoms with van der Waals surface area (Å²) in [5, 5.41) is 10.4. The molecule has 7 heteroatoms. The molecule has 0 aromatic heterocycles. The summed E-state index contributed by atoms with van der Waals surface area (Å²) in [7, 11) is -4.62. The number of unbranched alkanes of at least 4 members (excludes halogenated alkanes) is 16. The van der Waals surface area contributed by atoms with E-state index in [1.54, 1.807) is 13.0 Å². The van der Waals surface area contributed by atoms with Crippen LogP contribution in [0.1, 0.15) is 156 Å². The number of Topliss-reactive ketones (excluding diaryl/α,β-unsaturated/α-hetero) is 1. The summed E-state index contributed by atoms with van der Waals surface area (Å²) >= 11 is 0. The van der Waals surface area contributed by atoms with Crippen LogP contribution in [0, 0.1) is 5.92 Å². The largest absolute Gasteiger partial charge is 0.397 e. The van der Waals surface area contributed by atoms with E-state index in [0.29, 0.717) is 19.3 Å². The fourth-order valence-corrected chi connectivity index (χ4v) is 5.15. The predicted octanol–water partition coefficient (Wildman–Crippen LogP) is 8.53. The van der Waals surface area contributed by atoms with Crippen LogP contribution in [0.15, 0.2) is 12.2 Å². The smallest absolute Gasteiger partial charge is 0.386 e. The fraction of sp³-hybridized carbons (Fsp3) is 0.900. The van der Waals surface area contributed by atoms with Crippen LogP contribution in [0.3, 0.4) is 0 Å². The minimum Gasteiger partial charge on any atom is -0.386 e. The zero-order valence-corrected chi connectivity index (χ0v) is 25.0. The SMILES string of the molecule is CC(=O)CCCCCCCC(OS(=O)(=O)O)C(O)/C=C/CCCCCCCCCCCCCCC(C)C. The highest BCUT2D eigenvalue weighted by molar-refractivity contribution is 7.80. The minimum atomic E-state index is -4.62. The van der Waals surface area contributed by atoms with Crippen molar-refractivity contribution in [3.8, 4) is 0 Å². The van der Waals surface area contributed by atoms with Gasteiger partial charge in [-0.1, -0.05) is 129 Å². The van der Waals surface area contributed by atoms with Gasteiger partial charge in [0.25, 0.3) is 0 Å². The fourth-order valence-electron chi connectivity index (χ4n) is 4.62. The molecule has 0 fully saturated rings. The highest BCUT2D eigenvalue weighted by Gasteiger charge is 2.23. The Labute approximate surface area is 229 Å². The Bertz CT molecular complexity index is 659. The summed E-state index contributed by atoms with van der Waals surface area (Å²) < 4.78 is 36.2. The van der Waals surface area contributed by atoms with Gasteiger partial charge in [-0.05, 0) is 38.5 Å². The first-order valence-electron chi connectivity index (χ1n) is 15.1. The van der Waals surface area contributed by atoms with Crippen molar-refractivity contribution < 1.29 is 27.1 Å². The highest BCUT2D eigenvalue weighted by Crippen LogP contribution is 2.17. The molecule has 0 amide bonds. The first kappa shape index (κ1) is 36.2. The van der Waals surface area contributed by atoms with Crippen LogP contribution >= 0.6 is 0 Å². The molecule has 2 N–H and O–H groups in total. The number of ketones is 1. The molecule has 0 rings (SSSR count). The first-order chi connectivity index (χ1) is 17.6. The molecular formula is C30H58O6S. The third-order valence-electron chi connectivity index (χ3n) is 6.88. The molecule has 0 radical (unpaired) electrons. The average molecular weight is 547 g/mol. The van der Waals surface area contributed by atoms with Gasteiger partial charge in [0.1, 0.15) is 11.9 Å². The Morgan fingerprint density at radius 1 is 0.730 bits per heavy atom. The summed E-state index contributed by atoms with van der Waals surface area (Å²) in [5.74, 6) is 1.03. The number of carbonyl (C=O) groups is 1. The molecule has 2 atom stereocenters. The van der Waals surface area contributed by atoms with Crippen LogP contribution in [0.5, 0.6) is 0 Å². The molecule has 0 aliphatic heterocycles. The van der Waals surface area contributed by atoms with Gasteiger partial charge < -0.3 is 9.90 Å². The Balaban J connectivity index is 3.84. The number of aliphatic hydroxyl groups is 1. The van der Waals surface area contributed by atoms with Crippen LogP contribution in [0.25, 0.3) is 0 Å². The predicted molar refractivity (Wildman–Crippen MR) is 154 cm³/mol. The van der Waals surface area contributed by atoms with Crippen LogP contribution in [0.2, 0.25) is 0 Å². The van der Waals surface area contributed by atoms with Gasteiger partial charge in [-0.15, -0.1) is 0 Å². The van der Waals surface area contributed by atoms with E-state index in [2.05, 4.69) is 13.8 Å². The third kappa shape index (κ3) is 28.1. The minimum absolute atomic E-state index is 0.195. The van der Waals surface area contributed by atoms with E-state index >= 15 is 0 Å². The standard InChI is InChI=1S/C30H58O6S/c1-27(2)23-19-15-12-10-8-6-4-5-7-9-11-13-17-21-25-29(32)30(36-37(33,34)35)26-22-18-14-16-20-24-28(3)31/h21,25,27,29-30,32H,4-20,22-24,26H2,1-3H3,(H,33,34,35)/b25-21+. The van der Waals surface area contributed by atoms with Gasteiger partial charge >= 0.3 is 10.4 Å². The lowest BCUT2D eigenvalue weighted by Crippen LogP contribution is -2.29. The Kier molecular flexibility index (Phi) is 23.8. The molecule has 0 aromatic carbocycles. The number of hydrogen-bond acceptors (Lipinski definition) is 5. The van der Waals surface area contributed by atoms with E-state index in [9.17, 15) is 18.3 Å². The maximum Gasteiger partial charge on any atom is 0.397 e. The molecule has 6 nitrogen and oxygen atoms in total. The van der Waals surface area contributed by atoms with E-state index in [0.717, 1.165) is 50.9 Å². The summed E-state index contributed by atoms with van der Waals surface area (Å²) in [6.07, 6.45) is 24.5. The van der Waals surface area contributed by atoms with Crippen molar-refractivity contribution in [1.29, 1.82) is 0 Å². The topological polar surface area (TPSA) is 101 Å². The van der Waals surface area contributed by atoms with E-state index < -0.39 is 22.6 Å². The second-order valence-corrected chi connectivity index (χ2v) is 12.3. The van der Waals surface area contributed by atoms with Crippen molar-refractivity contribution in [2.45, 2.75) is 168 Å². The molecular weight excluding hydrogens is 488 g/mol. The lowest BCUT2D eigenvalue weighted by atomic mass is 10.0. The molecule has 0 heterocycles. The number of hydrogen-bond donors (Lipinski definition) is 2. The molecule has 37 heavy (non-hydrogen) atoms. The van der Waals surface area contributed by atoms with Crippen LogP contribution in [0.4, 0.5) is 0 Å². The number of allylic oxidation sites excluding steroid dienone is 1. The molecule has 2 unspecified atom stereocenters. The van der Waals surface area contributed by atoms with Gasteiger partial charge in [0.15, 0.2) is 0 Å². The van der Waals surface area contributed by atoms with Crippen molar-refractivity contribution in [2.75, 3.05) is 0 Å². The van der Waals surface area contributed by atoms with Gasteiger partial charge in [0, 0.05) is 6.42 Å². The Morgan fingerprint density at radius 2 is 1.16 bits per heavy atom. The summed E-state index contributed by atoms with van der Waals surface area (Å²) in [6, 6.07) is 0. The Morgan fingerprint density at radius 3 is 1.62 bits per heavy atom. The Hall–Kier alpha value is -0.760. The average Bonchev–Trinajstić information content (AvgIpc) is 2.81. The maximum absolute atomic E-state index is 11.2. The molecule has 0 aliphatic carbocycles. The zero-order valence-electron chi connectivity index (χ0n) is 24.2. The highest BCUT2D eigenvalue weighted by atomic mass is 32.3. The van der Waals surface area contributed by atoms with E-state index in [1.807, 2.05) is 6.08 Å². The lowest BCUT2D eigenvalue weighted by molar-refractivity contribution is -0.117. The van der Waals surface area contributed by atoms with Crippen molar-refractivity contribution in [2.24, 2.45) is 5.92 Å². The molecule has 0 saturated carbocycles. The van der Waals surface area contributed by atoms with Gasteiger partial charge in [-0.25, -0.2) is 4.18 Å². The number of carbonyl (C=O) groups excluding carboxylic acids is 1.